The molecule has 208 valence electrons. The van der Waals surface area contributed by atoms with Gasteiger partial charge in [-0.05, 0) is 55.7 Å². The average molecular weight is 527 g/mol. The van der Waals surface area contributed by atoms with Crippen molar-refractivity contribution in [2.75, 3.05) is 19.8 Å². The first-order chi connectivity index (χ1) is 18.2. The summed E-state index contributed by atoms with van der Waals surface area (Å²) in [6, 6.07) is 14.6. The van der Waals surface area contributed by atoms with Crippen molar-refractivity contribution in [2.45, 2.75) is 77.7 Å². The minimum Gasteiger partial charge on any atom is -0.483 e. The fourth-order valence-corrected chi connectivity index (χ4v) is 4.77. The zero-order valence-electron chi connectivity index (χ0n) is 22.9. The number of aliphatic hydroxyl groups is 1. The highest BCUT2D eigenvalue weighted by molar-refractivity contribution is 5.78. The summed E-state index contributed by atoms with van der Waals surface area (Å²) in [6.45, 7) is 8.87. The summed E-state index contributed by atoms with van der Waals surface area (Å²) in [5.74, 6) is 0.750. The highest BCUT2D eigenvalue weighted by Crippen LogP contribution is 2.22. The maximum absolute atomic E-state index is 12.8. The number of alkyl carbamates (subject to hydrolysis) is 1. The van der Waals surface area contributed by atoms with E-state index < -0.39 is 18.2 Å². The zero-order chi connectivity index (χ0) is 27.5. The van der Waals surface area contributed by atoms with E-state index in [1.807, 2.05) is 62.4 Å². The third kappa shape index (κ3) is 9.65. The Hall–Kier alpha value is -3.10. The van der Waals surface area contributed by atoms with E-state index >= 15 is 0 Å². The second-order valence-corrected chi connectivity index (χ2v) is 10.5. The summed E-state index contributed by atoms with van der Waals surface area (Å²) in [5, 5.41) is 17.2. The molecule has 0 bridgehead atoms. The van der Waals surface area contributed by atoms with Crippen LogP contribution in [-0.4, -0.2) is 61.2 Å². The van der Waals surface area contributed by atoms with Crippen LogP contribution in [0.3, 0.4) is 0 Å². The van der Waals surface area contributed by atoms with Gasteiger partial charge in [0.05, 0.1) is 25.4 Å². The SMILES string of the molecule is Cc1cccc(C)c1OCC(=O)N[C@@H](CC(C)C)C[C@H](O)[C@H](Cc1ccccc1)NC(=O)O[C@H]1CCOC1. The molecule has 1 saturated heterocycles. The highest BCUT2D eigenvalue weighted by atomic mass is 16.6. The van der Waals surface area contributed by atoms with Gasteiger partial charge in [-0.2, -0.15) is 0 Å². The Balaban J connectivity index is 1.64. The third-order valence-electron chi connectivity index (χ3n) is 6.63. The van der Waals surface area contributed by atoms with Gasteiger partial charge in [-0.3, -0.25) is 4.79 Å². The molecule has 0 aromatic heterocycles. The summed E-state index contributed by atoms with van der Waals surface area (Å²) in [7, 11) is 0. The van der Waals surface area contributed by atoms with Crippen molar-refractivity contribution in [1.82, 2.24) is 10.6 Å². The van der Waals surface area contributed by atoms with E-state index in [-0.39, 0.29) is 31.1 Å². The van der Waals surface area contributed by atoms with E-state index in [1.54, 1.807) is 0 Å². The van der Waals surface area contributed by atoms with E-state index in [2.05, 4.69) is 24.5 Å². The summed E-state index contributed by atoms with van der Waals surface area (Å²) in [6.07, 6.45) is 0.265. The maximum atomic E-state index is 12.8. The molecule has 0 unspecified atom stereocenters. The van der Waals surface area contributed by atoms with Gasteiger partial charge in [0, 0.05) is 12.5 Å². The molecule has 0 radical (unpaired) electrons. The van der Waals surface area contributed by atoms with Crippen LogP contribution in [0.1, 0.15) is 49.8 Å². The predicted octanol–water partition coefficient (Wildman–Crippen LogP) is 4.09. The standard InChI is InChI=1S/C30H42N2O6/c1-20(2)15-24(31-28(34)19-37-29-21(3)9-8-10-22(29)4)17-27(33)26(16-23-11-6-5-7-12-23)32-30(35)38-25-13-14-36-18-25/h5-12,20,24-27,33H,13-19H2,1-4H3,(H,31,34)(H,32,35)/t24-,25-,26-,27-/m0/s1. The number of aliphatic hydroxyl groups excluding tert-OH is 1. The number of benzene rings is 2. The summed E-state index contributed by atoms with van der Waals surface area (Å²) in [4.78, 5) is 25.5. The monoisotopic (exact) mass is 526 g/mol. The van der Waals surface area contributed by atoms with Crippen LogP contribution in [0.5, 0.6) is 5.75 Å². The summed E-state index contributed by atoms with van der Waals surface area (Å²) >= 11 is 0. The van der Waals surface area contributed by atoms with Gasteiger partial charge in [0.1, 0.15) is 11.9 Å². The number of rotatable bonds is 13. The Kier molecular flexibility index (Phi) is 11.4. The van der Waals surface area contributed by atoms with Crippen LogP contribution >= 0.6 is 0 Å². The first-order valence-corrected chi connectivity index (χ1v) is 13.5. The van der Waals surface area contributed by atoms with E-state index in [0.717, 1.165) is 16.7 Å². The van der Waals surface area contributed by atoms with Crippen LogP contribution < -0.4 is 15.4 Å². The Bertz CT molecular complexity index is 1000. The number of carbonyl (C=O) groups excluding carboxylic acids is 2. The Morgan fingerprint density at radius 1 is 1.03 bits per heavy atom. The molecule has 3 N–H and O–H groups in total. The Morgan fingerprint density at radius 2 is 1.74 bits per heavy atom. The van der Waals surface area contributed by atoms with Crippen LogP contribution in [0.25, 0.3) is 0 Å². The van der Waals surface area contributed by atoms with E-state index in [1.165, 1.54) is 0 Å². The fourth-order valence-electron chi connectivity index (χ4n) is 4.77. The van der Waals surface area contributed by atoms with Gasteiger partial charge in [-0.25, -0.2) is 4.79 Å². The average Bonchev–Trinajstić information content (AvgIpc) is 3.36. The van der Waals surface area contributed by atoms with Crippen molar-refractivity contribution < 1.29 is 28.9 Å². The van der Waals surface area contributed by atoms with Crippen molar-refractivity contribution in [1.29, 1.82) is 0 Å². The molecule has 1 aliphatic rings. The molecule has 2 aromatic carbocycles. The summed E-state index contributed by atoms with van der Waals surface area (Å²) < 4.78 is 16.6. The molecule has 4 atom stereocenters. The van der Waals surface area contributed by atoms with Crippen molar-refractivity contribution in [3.63, 3.8) is 0 Å². The van der Waals surface area contributed by atoms with Crippen molar-refractivity contribution in [3.05, 3.63) is 65.2 Å². The lowest BCUT2D eigenvalue weighted by molar-refractivity contribution is -0.124. The number of para-hydroxylation sites is 1. The molecule has 0 spiro atoms. The van der Waals surface area contributed by atoms with Crippen molar-refractivity contribution >= 4 is 12.0 Å². The van der Waals surface area contributed by atoms with Gasteiger partial charge in [-0.1, -0.05) is 62.4 Å². The number of hydrogen-bond donors (Lipinski definition) is 3. The fraction of sp³-hybridized carbons (Fsp3) is 0.533. The largest absolute Gasteiger partial charge is 0.483 e. The second-order valence-electron chi connectivity index (χ2n) is 10.5. The lowest BCUT2D eigenvalue weighted by Crippen LogP contribution is -2.49. The smallest absolute Gasteiger partial charge is 0.407 e. The molecule has 2 aromatic rings. The van der Waals surface area contributed by atoms with Gasteiger partial charge in [0.2, 0.25) is 0 Å². The number of amides is 2. The lowest BCUT2D eigenvalue weighted by Gasteiger charge is -2.29. The van der Waals surface area contributed by atoms with Crippen LogP contribution in [0.15, 0.2) is 48.5 Å². The van der Waals surface area contributed by atoms with Crippen LogP contribution in [-0.2, 0) is 20.7 Å². The van der Waals surface area contributed by atoms with Gasteiger partial charge < -0.3 is 30.0 Å². The normalized spacial score (nSPS) is 17.5. The van der Waals surface area contributed by atoms with Crippen molar-refractivity contribution in [2.24, 2.45) is 5.92 Å². The molecule has 8 nitrogen and oxygen atoms in total. The molecule has 1 aliphatic heterocycles. The van der Waals surface area contributed by atoms with E-state index in [0.29, 0.717) is 44.1 Å². The Morgan fingerprint density at radius 3 is 2.37 bits per heavy atom. The van der Waals surface area contributed by atoms with Gasteiger partial charge in [0.25, 0.3) is 5.91 Å². The third-order valence-corrected chi connectivity index (χ3v) is 6.63. The minimum atomic E-state index is -0.911. The number of nitrogens with one attached hydrogen (secondary N) is 2. The summed E-state index contributed by atoms with van der Waals surface area (Å²) in [5.41, 5.74) is 2.92. The molecule has 8 heteroatoms. The van der Waals surface area contributed by atoms with Crippen LogP contribution in [0, 0.1) is 19.8 Å². The molecule has 0 saturated carbocycles. The molecule has 0 aliphatic carbocycles. The first kappa shape index (κ1) is 29.5. The number of ether oxygens (including phenoxy) is 3. The molecular weight excluding hydrogens is 484 g/mol. The van der Waals surface area contributed by atoms with Crippen molar-refractivity contribution in [3.8, 4) is 5.75 Å². The molecular formula is C30H42N2O6. The highest BCUT2D eigenvalue weighted by Gasteiger charge is 2.28. The first-order valence-electron chi connectivity index (χ1n) is 13.5. The molecule has 2 amide bonds. The second kappa shape index (κ2) is 14.7. The number of hydrogen-bond acceptors (Lipinski definition) is 6. The number of carbonyl (C=O) groups is 2. The predicted molar refractivity (Wildman–Crippen MR) is 146 cm³/mol. The van der Waals surface area contributed by atoms with Gasteiger partial charge in [-0.15, -0.1) is 0 Å². The number of aryl methyl sites for hydroxylation is 2. The maximum Gasteiger partial charge on any atom is 0.407 e. The van der Waals surface area contributed by atoms with Gasteiger partial charge in [0.15, 0.2) is 6.61 Å². The molecule has 1 fully saturated rings. The van der Waals surface area contributed by atoms with Gasteiger partial charge >= 0.3 is 6.09 Å². The Labute approximate surface area is 226 Å². The van der Waals surface area contributed by atoms with Crippen LogP contribution in [0.4, 0.5) is 4.79 Å². The zero-order valence-corrected chi connectivity index (χ0v) is 22.9. The molecule has 1 heterocycles. The minimum absolute atomic E-state index is 0.113. The topological polar surface area (TPSA) is 106 Å². The molecule has 38 heavy (non-hydrogen) atoms. The lowest BCUT2D eigenvalue weighted by atomic mass is 9.92. The van der Waals surface area contributed by atoms with E-state index in [4.69, 9.17) is 14.2 Å². The van der Waals surface area contributed by atoms with E-state index in [9.17, 15) is 14.7 Å². The quantitative estimate of drug-likeness (QED) is 0.363. The molecule has 3 rings (SSSR count). The van der Waals surface area contributed by atoms with Crippen LogP contribution in [0.2, 0.25) is 0 Å².